The Bertz CT molecular complexity index is 414. The number of nitrogens with zero attached hydrogens (tertiary/aromatic N) is 1. The largest absolute Gasteiger partial charge is 0.369 e. The minimum absolute atomic E-state index is 0.368. The number of rotatable bonds is 5. The van der Waals surface area contributed by atoms with Crippen LogP contribution in [0.25, 0.3) is 0 Å². The van der Waals surface area contributed by atoms with Crippen molar-refractivity contribution in [1.29, 1.82) is 0 Å². The zero-order chi connectivity index (χ0) is 14.6. The SMILES string of the molecule is CCNC(CC)c1ccc(N2CCSC(C)(C)C2)cc1. The van der Waals surface area contributed by atoms with Gasteiger partial charge >= 0.3 is 0 Å². The lowest BCUT2D eigenvalue weighted by Crippen LogP contribution is -2.43. The highest BCUT2D eigenvalue weighted by atomic mass is 32.2. The van der Waals surface area contributed by atoms with Crippen LogP contribution in [0.2, 0.25) is 0 Å². The number of hydrogen-bond acceptors (Lipinski definition) is 3. The molecule has 1 saturated heterocycles. The van der Waals surface area contributed by atoms with Crippen molar-refractivity contribution in [2.75, 3.05) is 30.3 Å². The average molecular weight is 292 g/mol. The maximum Gasteiger partial charge on any atom is 0.0367 e. The molecule has 1 N–H and O–H groups in total. The van der Waals surface area contributed by atoms with Crippen LogP contribution >= 0.6 is 11.8 Å². The van der Waals surface area contributed by atoms with E-state index in [1.807, 2.05) is 0 Å². The van der Waals surface area contributed by atoms with Gasteiger partial charge in [-0.05, 0) is 44.5 Å². The molecule has 0 bridgehead atoms. The first kappa shape index (κ1) is 15.7. The number of hydrogen-bond donors (Lipinski definition) is 1. The normalized spacial score (nSPS) is 19.9. The summed E-state index contributed by atoms with van der Waals surface area (Å²) in [6.45, 7) is 12.4. The summed E-state index contributed by atoms with van der Waals surface area (Å²) in [6, 6.07) is 9.66. The van der Waals surface area contributed by atoms with E-state index in [1.165, 1.54) is 17.0 Å². The molecule has 20 heavy (non-hydrogen) atoms. The van der Waals surface area contributed by atoms with Gasteiger partial charge in [0.05, 0.1) is 0 Å². The molecule has 0 radical (unpaired) electrons. The maximum absolute atomic E-state index is 3.54. The minimum Gasteiger partial charge on any atom is -0.369 e. The van der Waals surface area contributed by atoms with Gasteiger partial charge in [0.15, 0.2) is 0 Å². The Morgan fingerprint density at radius 2 is 1.95 bits per heavy atom. The van der Waals surface area contributed by atoms with Gasteiger partial charge in [-0.3, -0.25) is 0 Å². The smallest absolute Gasteiger partial charge is 0.0367 e. The Balaban J connectivity index is 2.07. The topological polar surface area (TPSA) is 15.3 Å². The van der Waals surface area contributed by atoms with Crippen LogP contribution in [0.3, 0.4) is 0 Å². The second-order valence-corrected chi connectivity index (χ2v) is 7.94. The van der Waals surface area contributed by atoms with Gasteiger partial charge in [-0.25, -0.2) is 0 Å². The van der Waals surface area contributed by atoms with Crippen molar-refractivity contribution in [3.8, 4) is 0 Å². The van der Waals surface area contributed by atoms with Gasteiger partial charge in [0.1, 0.15) is 0 Å². The van der Waals surface area contributed by atoms with E-state index in [9.17, 15) is 0 Å². The molecular formula is C17H28N2S. The van der Waals surface area contributed by atoms with Crippen molar-refractivity contribution in [2.24, 2.45) is 0 Å². The quantitative estimate of drug-likeness (QED) is 0.880. The Kier molecular flexibility index (Phi) is 5.39. The summed E-state index contributed by atoms with van der Waals surface area (Å²) in [4.78, 5) is 2.52. The minimum atomic E-state index is 0.368. The highest BCUT2D eigenvalue weighted by molar-refractivity contribution is 8.00. The zero-order valence-electron chi connectivity index (χ0n) is 13.3. The Hall–Kier alpha value is -0.670. The van der Waals surface area contributed by atoms with Crippen molar-refractivity contribution in [1.82, 2.24) is 5.32 Å². The van der Waals surface area contributed by atoms with Gasteiger partial charge < -0.3 is 10.2 Å². The van der Waals surface area contributed by atoms with Crippen molar-refractivity contribution >= 4 is 17.4 Å². The number of benzene rings is 1. The van der Waals surface area contributed by atoms with Crippen molar-refractivity contribution in [3.05, 3.63) is 29.8 Å². The van der Waals surface area contributed by atoms with Gasteiger partial charge in [-0.2, -0.15) is 11.8 Å². The maximum atomic E-state index is 3.54. The fourth-order valence-corrected chi connectivity index (χ4v) is 4.01. The molecule has 0 aliphatic carbocycles. The Labute approximate surface area is 128 Å². The summed E-state index contributed by atoms with van der Waals surface area (Å²) >= 11 is 2.09. The van der Waals surface area contributed by atoms with Gasteiger partial charge in [-0.1, -0.05) is 26.0 Å². The molecule has 1 aromatic rings. The monoisotopic (exact) mass is 292 g/mol. The van der Waals surface area contributed by atoms with E-state index < -0.39 is 0 Å². The number of anilines is 1. The average Bonchev–Trinajstić information content (AvgIpc) is 2.44. The van der Waals surface area contributed by atoms with Crippen molar-refractivity contribution < 1.29 is 0 Å². The third-order valence-electron chi connectivity index (χ3n) is 3.95. The standard InChI is InChI=1S/C17H28N2S/c1-5-16(18-6-2)14-7-9-15(10-8-14)19-11-12-20-17(3,4)13-19/h7-10,16,18H,5-6,11-13H2,1-4H3. The zero-order valence-corrected chi connectivity index (χ0v) is 14.1. The first-order valence-electron chi connectivity index (χ1n) is 7.78. The predicted molar refractivity (Wildman–Crippen MR) is 91.9 cm³/mol. The molecule has 1 aromatic carbocycles. The lowest BCUT2D eigenvalue weighted by molar-refractivity contribution is 0.537. The Morgan fingerprint density at radius 1 is 1.25 bits per heavy atom. The fourth-order valence-electron chi connectivity index (χ4n) is 2.90. The molecule has 2 nitrogen and oxygen atoms in total. The van der Waals surface area contributed by atoms with Gasteiger partial charge in [0.25, 0.3) is 0 Å². The van der Waals surface area contributed by atoms with Gasteiger partial charge in [0, 0.05) is 35.3 Å². The highest BCUT2D eigenvalue weighted by Crippen LogP contribution is 2.32. The molecule has 1 aliphatic rings. The van der Waals surface area contributed by atoms with Crippen LogP contribution in [0.15, 0.2) is 24.3 Å². The molecule has 0 amide bonds. The number of thioether (sulfide) groups is 1. The third-order valence-corrected chi connectivity index (χ3v) is 5.24. The van der Waals surface area contributed by atoms with Crippen molar-refractivity contribution in [3.63, 3.8) is 0 Å². The lowest BCUT2D eigenvalue weighted by atomic mass is 10.0. The summed E-state index contributed by atoms with van der Waals surface area (Å²) in [5.74, 6) is 1.23. The fraction of sp³-hybridized carbons (Fsp3) is 0.647. The van der Waals surface area contributed by atoms with E-state index in [0.717, 1.165) is 26.1 Å². The molecule has 1 unspecified atom stereocenters. The van der Waals surface area contributed by atoms with Crippen LogP contribution in [0.5, 0.6) is 0 Å². The summed E-state index contributed by atoms with van der Waals surface area (Å²) in [5.41, 5.74) is 2.78. The third kappa shape index (κ3) is 3.92. The van der Waals surface area contributed by atoms with Gasteiger partial charge in [0.2, 0.25) is 0 Å². The van der Waals surface area contributed by atoms with Crippen LogP contribution in [0, 0.1) is 0 Å². The molecule has 3 heteroatoms. The van der Waals surface area contributed by atoms with Crippen LogP contribution in [0.1, 0.15) is 45.7 Å². The molecular weight excluding hydrogens is 264 g/mol. The molecule has 1 fully saturated rings. The van der Waals surface area contributed by atoms with E-state index in [1.54, 1.807) is 0 Å². The van der Waals surface area contributed by atoms with E-state index in [2.05, 4.69) is 73.9 Å². The van der Waals surface area contributed by atoms with Crippen molar-refractivity contribution in [2.45, 2.75) is 44.9 Å². The van der Waals surface area contributed by atoms with E-state index in [-0.39, 0.29) is 0 Å². The molecule has 0 aromatic heterocycles. The number of nitrogens with one attached hydrogen (secondary N) is 1. The summed E-state index contributed by atoms with van der Waals surface area (Å²) in [6.07, 6.45) is 1.14. The van der Waals surface area contributed by atoms with Crippen LogP contribution in [-0.2, 0) is 0 Å². The highest BCUT2D eigenvalue weighted by Gasteiger charge is 2.27. The first-order chi connectivity index (χ1) is 9.55. The van der Waals surface area contributed by atoms with E-state index >= 15 is 0 Å². The van der Waals surface area contributed by atoms with E-state index in [4.69, 9.17) is 0 Å². The summed E-state index contributed by atoms with van der Waals surface area (Å²) in [7, 11) is 0. The Morgan fingerprint density at radius 3 is 2.50 bits per heavy atom. The summed E-state index contributed by atoms with van der Waals surface area (Å²) < 4.78 is 0.368. The second-order valence-electron chi connectivity index (χ2n) is 6.14. The van der Waals surface area contributed by atoms with Crippen LogP contribution < -0.4 is 10.2 Å². The molecule has 1 heterocycles. The second kappa shape index (κ2) is 6.86. The predicted octanol–water partition coefficient (Wildman–Crippen LogP) is 4.08. The molecule has 1 aliphatic heterocycles. The first-order valence-corrected chi connectivity index (χ1v) is 8.76. The molecule has 0 spiro atoms. The van der Waals surface area contributed by atoms with Crippen LogP contribution in [-0.4, -0.2) is 30.1 Å². The molecule has 1 atom stereocenters. The summed E-state index contributed by atoms with van der Waals surface area (Å²) in [5, 5.41) is 3.54. The van der Waals surface area contributed by atoms with E-state index in [0.29, 0.717) is 10.8 Å². The lowest BCUT2D eigenvalue weighted by Gasteiger charge is -2.39. The van der Waals surface area contributed by atoms with Gasteiger partial charge in [-0.15, -0.1) is 0 Å². The van der Waals surface area contributed by atoms with Crippen LogP contribution in [0.4, 0.5) is 5.69 Å². The molecule has 2 rings (SSSR count). The molecule has 112 valence electrons. The molecule has 0 saturated carbocycles.